The highest BCUT2D eigenvalue weighted by atomic mass is 16.7. The Morgan fingerprint density at radius 3 is 2.52 bits per heavy atom. The Morgan fingerprint density at radius 1 is 0.957 bits per heavy atom. The van der Waals surface area contributed by atoms with Gasteiger partial charge in [-0.2, -0.15) is 0 Å². The predicted octanol–water partition coefficient (Wildman–Crippen LogP) is 4.81. The van der Waals surface area contributed by atoms with Crippen LogP contribution in [-0.4, -0.2) is 31.3 Å². The van der Waals surface area contributed by atoms with E-state index in [1.54, 1.807) is 0 Å². The fraction of sp³-hybridized carbons (Fsp3) is 0.700. The first-order valence-electron chi connectivity index (χ1n) is 9.34. The fourth-order valence-electron chi connectivity index (χ4n) is 3.70. The molecule has 0 radical (unpaired) electrons. The third-order valence-electron chi connectivity index (χ3n) is 5.20. The summed E-state index contributed by atoms with van der Waals surface area (Å²) < 4.78 is 11.0. The summed E-state index contributed by atoms with van der Waals surface area (Å²) in [7, 11) is 0. The van der Waals surface area contributed by atoms with Crippen molar-refractivity contribution in [2.24, 2.45) is 5.92 Å². The molecule has 1 unspecified atom stereocenters. The van der Waals surface area contributed by atoms with Crippen molar-refractivity contribution in [3.63, 3.8) is 0 Å². The second-order valence-electron chi connectivity index (χ2n) is 7.47. The zero-order valence-electron chi connectivity index (χ0n) is 14.7. The van der Waals surface area contributed by atoms with Crippen molar-refractivity contribution in [3.8, 4) is 11.5 Å². The van der Waals surface area contributed by atoms with Crippen molar-refractivity contribution >= 4 is 0 Å². The van der Waals surface area contributed by atoms with Gasteiger partial charge in [-0.05, 0) is 74.8 Å². The number of fused-ring (bicyclic) bond motifs is 1. The highest BCUT2D eigenvalue weighted by molar-refractivity contribution is 5.45. The molecular formula is C20H31NO2. The van der Waals surface area contributed by atoms with Gasteiger partial charge in [-0.15, -0.1) is 0 Å². The quantitative estimate of drug-likeness (QED) is 0.720. The van der Waals surface area contributed by atoms with Crippen LogP contribution in [0.25, 0.3) is 0 Å². The van der Waals surface area contributed by atoms with Crippen LogP contribution in [-0.2, 0) is 0 Å². The zero-order chi connectivity index (χ0) is 16.1. The van der Waals surface area contributed by atoms with E-state index in [1.807, 2.05) is 0 Å². The number of nitrogens with zero attached hydrogens (tertiary/aromatic N) is 1. The van der Waals surface area contributed by atoms with Gasteiger partial charge in [-0.1, -0.05) is 32.8 Å². The van der Waals surface area contributed by atoms with Gasteiger partial charge in [0.15, 0.2) is 11.5 Å². The second kappa shape index (κ2) is 8.05. The summed E-state index contributed by atoms with van der Waals surface area (Å²) in [4.78, 5) is 2.65. The van der Waals surface area contributed by atoms with Crippen LogP contribution in [0, 0.1) is 5.92 Å². The van der Waals surface area contributed by atoms with E-state index in [-0.39, 0.29) is 0 Å². The lowest BCUT2D eigenvalue weighted by molar-refractivity contribution is 0.174. The van der Waals surface area contributed by atoms with Gasteiger partial charge in [0.2, 0.25) is 6.79 Å². The highest BCUT2D eigenvalue weighted by Crippen LogP contribution is 2.37. The molecule has 2 aliphatic rings. The van der Waals surface area contributed by atoms with Crippen LogP contribution in [0.15, 0.2) is 18.2 Å². The molecule has 3 rings (SSSR count). The summed E-state index contributed by atoms with van der Waals surface area (Å²) in [6, 6.07) is 6.54. The van der Waals surface area contributed by atoms with Gasteiger partial charge in [0.05, 0.1) is 0 Å². The molecule has 0 saturated carbocycles. The summed E-state index contributed by atoms with van der Waals surface area (Å²) in [5.41, 5.74) is 1.42. The van der Waals surface area contributed by atoms with Crippen molar-refractivity contribution in [2.45, 2.75) is 58.3 Å². The lowest BCUT2D eigenvalue weighted by atomic mass is 9.88. The summed E-state index contributed by atoms with van der Waals surface area (Å²) in [6.45, 7) is 8.82. The Morgan fingerprint density at radius 2 is 1.74 bits per heavy atom. The van der Waals surface area contributed by atoms with Crippen molar-refractivity contribution in [1.82, 2.24) is 4.90 Å². The Labute approximate surface area is 141 Å². The standard InChI is InChI=1S/C20H31NO2/c1-16(2)6-7-17(10-13-21-11-4-3-5-12-21)18-8-9-19-20(14-18)23-15-22-19/h8-9,14,16-17H,3-7,10-13,15H2,1-2H3. The maximum absolute atomic E-state index is 5.58. The lowest BCUT2D eigenvalue weighted by Crippen LogP contribution is -2.31. The maximum atomic E-state index is 5.58. The van der Waals surface area contributed by atoms with Crippen LogP contribution < -0.4 is 9.47 Å². The number of hydrogen-bond donors (Lipinski definition) is 0. The van der Waals surface area contributed by atoms with Crippen molar-refractivity contribution in [3.05, 3.63) is 23.8 Å². The Hall–Kier alpha value is -1.22. The topological polar surface area (TPSA) is 21.7 Å². The first kappa shape index (κ1) is 16.6. The lowest BCUT2D eigenvalue weighted by Gasteiger charge is -2.28. The summed E-state index contributed by atoms with van der Waals surface area (Å²) >= 11 is 0. The average molecular weight is 317 g/mol. The number of rotatable bonds is 7. The number of ether oxygens (including phenoxy) is 2. The third kappa shape index (κ3) is 4.63. The van der Waals surface area contributed by atoms with Crippen LogP contribution in [0.4, 0.5) is 0 Å². The van der Waals surface area contributed by atoms with Gasteiger partial charge >= 0.3 is 0 Å². The second-order valence-corrected chi connectivity index (χ2v) is 7.47. The highest BCUT2D eigenvalue weighted by Gasteiger charge is 2.20. The monoisotopic (exact) mass is 317 g/mol. The molecule has 0 spiro atoms. The summed E-state index contributed by atoms with van der Waals surface area (Å²) in [6.07, 6.45) is 7.98. The van der Waals surface area contributed by atoms with E-state index in [4.69, 9.17) is 9.47 Å². The van der Waals surface area contributed by atoms with Gasteiger partial charge in [0.25, 0.3) is 0 Å². The van der Waals surface area contributed by atoms with Gasteiger partial charge in [-0.3, -0.25) is 0 Å². The molecule has 128 valence electrons. The molecule has 23 heavy (non-hydrogen) atoms. The molecular weight excluding hydrogens is 286 g/mol. The Balaban J connectivity index is 1.64. The minimum absolute atomic E-state index is 0.364. The third-order valence-corrected chi connectivity index (χ3v) is 5.20. The van der Waals surface area contributed by atoms with Gasteiger partial charge in [-0.25, -0.2) is 0 Å². The smallest absolute Gasteiger partial charge is 0.231 e. The largest absolute Gasteiger partial charge is 0.454 e. The van der Waals surface area contributed by atoms with Crippen LogP contribution in [0.1, 0.15) is 63.9 Å². The minimum Gasteiger partial charge on any atom is -0.454 e. The van der Waals surface area contributed by atoms with E-state index in [1.165, 1.54) is 63.7 Å². The van der Waals surface area contributed by atoms with Crippen molar-refractivity contribution in [2.75, 3.05) is 26.4 Å². The van der Waals surface area contributed by atoms with E-state index in [0.29, 0.717) is 12.7 Å². The molecule has 2 aliphatic heterocycles. The van der Waals surface area contributed by atoms with Crippen LogP contribution >= 0.6 is 0 Å². The molecule has 3 heteroatoms. The Kier molecular flexibility index (Phi) is 5.82. The number of piperidine rings is 1. The number of likely N-dealkylation sites (tertiary alicyclic amines) is 1. The summed E-state index contributed by atoms with van der Waals surface area (Å²) in [5, 5.41) is 0. The van der Waals surface area contributed by atoms with Crippen LogP contribution in [0.2, 0.25) is 0 Å². The van der Waals surface area contributed by atoms with Crippen LogP contribution in [0.5, 0.6) is 11.5 Å². The SMILES string of the molecule is CC(C)CCC(CCN1CCCCC1)c1ccc2c(c1)OCO2. The molecule has 0 N–H and O–H groups in total. The van der Waals surface area contributed by atoms with E-state index >= 15 is 0 Å². The zero-order valence-corrected chi connectivity index (χ0v) is 14.7. The molecule has 0 aliphatic carbocycles. The minimum atomic E-state index is 0.364. The molecule has 1 saturated heterocycles. The van der Waals surface area contributed by atoms with Gasteiger partial charge in [0, 0.05) is 0 Å². The predicted molar refractivity (Wildman–Crippen MR) is 94.3 cm³/mol. The first-order valence-corrected chi connectivity index (χ1v) is 9.34. The van der Waals surface area contributed by atoms with Gasteiger partial charge in [0.1, 0.15) is 0 Å². The molecule has 1 aromatic carbocycles. The normalized spacial score (nSPS) is 19.3. The van der Waals surface area contributed by atoms with Crippen LogP contribution in [0.3, 0.4) is 0 Å². The van der Waals surface area contributed by atoms with E-state index in [9.17, 15) is 0 Å². The fourth-order valence-corrected chi connectivity index (χ4v) is 3.70. The molecule has 0 bridgehead atoms. The number of benzene rings is 1. The molecule has 1 fully saturated rings. The number of hydrogen-bond acceptors (Lipinski definition) is 3. The average Bonchev–Trinajstić information content (AvgIpc) is 3.03. The Bertz CT molecular complexity index is 494. The van der Waals surface area contributed by atoms with Crippen molar-refractivity contribution in [1.29, 1.82) is 0 Å². The molecule has 2 heterocycles. The van der Waals surface area contributed by atoms with E-state index in [0.717, 1.165) is 17.4 Å². The molecule has 0 amide bonds. The maximum Gasteiger partial charge on any atom is 0.231 e. The van der Waals surface area contributed by atoms with E-state index in [2.05, 4.69) is 36.9 Å². The van der Waals surface area contributed by atoms with E-state index < -0.39 is 0 Å². The van der Waals surface area contributed by atoms with Crippen molar-refractivity contribution < 1.29 is 9.47 Å². The molecule has 1 atom stereocenters. The summed E-state index contributed by atoms with van der Waals surface area (Å²) in [5.74, 6) is 3.22. The first-order chi connectivity index (χ1) is 11.2. The van der Waals surface area contributed by atoms with Gasteiger partial charge < -0.3 is 14.4 Å². The molecule has 3 nitrogen and oxygen atoms in total. The molecule has 0 aromatic heterocycles. The molecule has 1 aromatic rings.